The van der Waals surface area contributed by atoms with E-state index in [4.69, 9.17) is 4.74 Å². The Kier molecular flexibility index (Phi) is 6.87. The Balaban J connectivity index is 1.66. The lowest BCUT2D eigenvalue weighted by Gasteiger charge is -2.42. The van der Waals surface area contributed by atoms with E-state index in [9.17, 15) is 9.18 Å². The van der Waals surface area contributed by atoms with Gasteiger partial charge in [-0.1, -0.05) is 12.1 Å². The van der Waals surface area contributed by atoms with Gasteiger partial charge in [0.15, 0.2) is 6.61 Å². The fourth-order valence-corrected chi connectivity index (χ4v) is 4.00. The Morgan fingerprint density at radius 2 is 2.03 bits per heavy atom. The molecule has 0 radical (unpaired) electrons. The van der Waals surface area contributed by atoms with Gasteiger partial charge < -0.3 is 14.5 Å². The Hall–Kier alpha value is -3.35. The first-order chi connectivity index (χ1) is 15.1. The van der Waals surface area contributed by atoms with Gasteiger partial charge in [0, 0.05) is 49.2 Å². The second-order valence-electron chi connectivity index (χ2n) is 8.59. The number of hydrogen-bond donors (Lipinski definition) is 1. The lowest BCUT2D eigenvalue weighted by molar-refractivity contribution is -0.123. The Morgan fingerprint density at radius 1 is 1.28 bits per heavy atom. The zero-order chi connectivity index (χ0) is 23.5. The molecule has 0 saturated carbocycles. The van der Waals surface area contributed by atoms with Gasteiger partial charge in [0.25, 0.3) is 5.91 Å². The molecule has 1 heterocycles. The number of anilines is 2. The maximum absolute atomic E-state index is 14.8. The van der Waals surface area contributed by atoms with Gasteiger partial charge in [-0.3, -0.25) is 4.79 Å². The molecule has 3 rings (SSSR count). The molecule has 0 unspecified atom stereocenters. The average Bonchev–Trinajstić information content (AvgIpc) is 2.73. The third-order valence-corrected chi connectivity index (χ3v) is 5.51. The highest BCUT2D eigenvalue weighted by Crippen LogP contribution is 2.39. The summed E-state index contributed by atoms with van der Waals surface area (Å²) in [4.78, 5) is 16.2. The molecule has 32 heavy (non-hydrogen) atoms. The van der Waals surface area contributed by atoms with Crippen LogP contribution in [0.1, 0.15) is 38.8 Å². The molecule has 0 saturated heterocycles. The first-order valence-corrected chi connectivity index (χ1v) is 10.7. The van der Waals surface area contributed by atoms with Crippen LogP contribution in [0.3, 0.4) is 0 Å². The number of ether oxygens (including phenoxy) is 1. The number of fused-ring (bicyclic) bond motifs is 1. The molecule has 1 N–H and O–H groups in total. The molecular formula is C25H31FN4O2. The standard InChI is InChI=1S/C25H31FN4O2/c1-7-30-23-13-22(26)18(11-21(23)17(2)14-25(30,3)4)15-27-28-24(31)16-32-20-10-8-9-19(12-20)29(5)6/h8-15H,7,16H2,1-6H3,(H,28,31)/b27-15+. The number of carbonyl (C=O) groups is 1. The second-order valence-corrected chi connectivity index (χ2v) is 8.59. The number of nitrogens with zero attached hydrogens (tertiary/aromatic N) is 3. The van der Waals surface area contributed by atoms with E-state index in [-0.39, 0.29) is 18.0 Å². The lowest BCUT2D eigenvalue weighted by atomic mass is 9.88. The maximum atomic E-state index is 14.8. The van der Waals surface area contributed by atoms with Crippen molar-refractivity contribution in [2.24, 2.45) is 5.10 Å². The highest BCUT2D eigenvalue weighted by Gasteiger charge is 2.30. The molecular weight excluding hydrogens is 407 g/mol. The molecule has 1 amide bonds. The van der Waals surface area contributed by atoms with Crippen LogP contribution in [0.25, 0.3) is 5.57 Å². The van der Waals surface area contributed by atoms with Gasteiger partial charge in [-0.05, 0) is 57.5 Å². The predicted octanol–water partition coefficient (Wildman–Crippen LogP) is 4.44. The number of halogens is 1. The second kappa shape index (κ2) is 9.42. The summed E-state index contributed by atoms with van der Waals surface area (Å²) >= 11 is 0. The van der Waals surface area contributed by atoms with Crippen LogP contribution in [0.4, 0.5) is 15.8 Å². The van der Waals surface area contributed by atoms with Crippen molar-refractivity contribution in [1.82, 2.24) is 5.43 Å². The molecule has 1 aliphatic heterocycles. The summed E-state index contributed by atoms with van der Waals surface area (Å²) in [6, 6.07) is 10.7. The van der Waals surface area contributed by atoms with E-state index in [0.717, 1.165) is 29.1 Å². The largest absolute Gasteiger partial charge is 0.484 e. The third-order valence-electron chi connectivity index (χ3n) is 5.51. The number of hydrazone groups is 1. The molecule has 0 aliphatic carbocycles. The van der Waals surface area contributed by atoms with Crippen molar-refractivity contribution < 1.29 is 13.9 Å². The molecule has 2 aromatic carbocycles. The van der Waals surface area contributed by atoms with Gasteiger partial charge in [-0.15, -0.1) is 0 Å². The zero-order valence-corrected chi connectivity index (χ0v) is 19.6. The lowest BCUT2D eigenvalue weighted by Crippen LogP contribution is -2.45. The van der Waals surface area contributed by atoms with Crippen LogP contribution in [-0.4, -0.2) is 44.9 Å². The molecule has 0 fully saturated rings. The molecule has 170 valence electrons. The van der Waals surface area contributed by atoms with E-state index in [1.807, 2.05) is 44.1 Å². The van der Waals surface area contributed by atoms with E-state index in [0.29, 0.717) is 11.3 Å². The van der Waals surface area contributed by atoms with Crippen LogP contribution in [0.2, 0.25) is 0 Å². The number of nitrogens with one attached hydrogen (secondary N) is 1. The van der Waals surface area contributed by atoms with Gasteiger partial charge in [-0.25, -0.2) is 9.82 Å². The minimum absolute atomic E-state index is 0.187. The van der Waals surface area contributed by atoms with Crippen molar-refractivity contribution in [3.63, 3.8) is 0 Å². The highest BCUT2D eigenvalue weighted by molar-refractivity contribution is 5.89. The monoisotopic (exact) mass is 438 g/mol. The summed E-state index contributed by atoms with van der Waals surface area (Å²) in [5.41, 5.74) is 6.40. The molecule has 0 atom stereocenters. The highest BCUT2D eigenvalue weighted by atomic mass is 19.1. The van der Waals surface area contributed by atoms with Crippen molar-refractivity contribution in [2.75, 3.05) is 37.0 Å². The maximum Gasteiger partial charge on any atom is 0.277 e. The van der Waals surface area contributed by atoms with Gasteiger partial charge >= 0.3 is 0 Å². The molecule has 0 bridgehead atoms. The van der Waals surface area contributed by atoms with Crippen LogP contribution >= 0.6 is 0 Å². The van der Waals surface area contributed by atoms with E-state index < -0.39 is 5.91 Å². The van der Waals surface area contributed by atoms with Crippen LogP contribution in [0.15, 0.2) is 47.6 Å². The summed E-state index contributed by atoms with van der Waals surface area (Å²) in [7, 11) is 3.86. The molecule has 1 aliphatic rings. The summed E-state index contributed by atoms with van der Waals surface area (Å²) < 4.78 is 20.3. The van der Waals surface area contributed by atoms with Crippen LogP contribution in [-0.2, 0) is 4.79 Å². The Morgan fingerprint density at radius 3 is 2.72 bits per heavy atom. The first kappa shape index (κ1) is 23.3. The van der Waals surface area contributed by atoms with Crippen molar-refractivity contribution in [3.05, 3.63) is 59.4 Å². The zero-order valence-electron chi connectivity index (χ0n) is 19.6. The molecule has 2 aromatic rings. The van der Waals surface area contributed by atoms with Gasteiger partial charge in [0.1, 0.15) is 11.6 Å². The number of allylic oxidation sites excluding steroid dienone is 1. The number of likely N-dealkylation sites (N-methyl/N-ethyl adjacent to an activating group) is 1. The van der Waals surface area contributed by atoms with Gasteiger partial charge in [-0.2, -0.15) is 5.10 Å². The normalized spacial score (nSPS) is 14.7. The quantitative estimate of drug-likeness (QED) is 0.513. The molecule has 7 heteroatoms. The van der Waals surface area contributed by atoms with Gasteiger partial charge in [0.2, 0.25) is 0 Å². The minimum atomic E-state index is -0.426. The summed E-state index contributed by atoms with van der Waals surface area (Å²) in [5.74, 6) is -0.228. The Labute approximate surface area is 189 Å². The van der Waals surface area contributed by atoms with Crippen LogP contribution < -0.4 is 20.0 Å². The van der Waals surface area contributed by atoms with Crippen molar-refractivity contribution in [1.29, 1.82) is 0 Å². The smallest absolute Gasteiger partial charge is 0.277 e. The number of rotatable bonds is 7. The fraction of sp³-hybridized carbons (Fsp3) is 0.360. The van der Waals surface area contributed by atoms with E-state index >= 15 is 0 Å². The fourth-order valence-electron chi connectivity index (χ4n) is 4.00. The Bertz CT molecular complexity index is 1060. The number of hydrogen-bond acceptors (Lipinski definition) is 5. The number of amides is 1. The topological polar surface area (TPSA) is 57.2 Å². The van der Waals surface area contributed by atoms with Crippen molar-refractivity contribution in [2.45, 2.75) is 33.2 Å². The molecule has 0 aromatic heterocycles. The van der Waals surface area contributed by atoms with E-state index in [2.05, 4.69) is 42.3 Å². The van der Waals surface area contributed by atoms with Crippen LogP contribution in [0, 0.1) is 5.82 Å². The van der Waals surface area contributed by atoms with Crippen LogP contribution in [0.5, 0.6) is 5.75 Å². The summed E-state index contributed by atoms with van der Waals surface area (Å²) in [6.45, 7) is 8.89. The van der Waals surface area contributed by atoms with Crippen molar-refractivity contribution >= 4 is 29.1 Å². The number of benzene rings is 2. The molecule has 0 spiro atoms. The van der Waals surface area contributed by atoms with E-state index in [1.165, 1.54) is 6.21 Å². The van der Waals surface area contributed by atoms with Gasteiger partial charge in [0.05, 0.1) is 11.8 Å². The van der Waals surface area contributed by atoms with Crippen molar-refractivity contribution in [3.8, 4) is 5.75 Å². The summed E-state index contributed by atoms with van der Waals surface area (Å²) in [6.07, 6.45) is 3.51. The third kappa shape index (κ3) is 5.10. The summed E-state index contributed by atoms with van der Waals surface area (Å²) in [5, 5.41) is 3.92. The number of carbonyl (C=O) groups excluding carboxylic acids is 1. The average molecular weight is 439 g/mol. The van der Waals surface area contributed by atoms with E-state index in [1.54, 1.807) is 18.2 Å². The first-order valence-electron chi connectivity index (χ1n) is 10.7. The SMILES string of the molecule is CCN1c2cc(F)c(/C=N/NC(=O)COc3cccc(N(C)C)c3)cc2C(C)=CC1(C)C. The minimum Gasteiger partial charge on any atom is -0.484 e. The molecule has 6 nitrogen and oxygen atoms in total. The predicted molar refractivity (Wildman–Crippen MR) is 129 cm³/mol.